The first-order valence-electron chi connectivity index (χ1n) is 6.68. The van der Waals surface area contributed by atoms with E-state index >= 15 is 0 Å². The van der Waals surface area contributed by atoms with Crippen LogP contribution >= 0.6 is 0 Å². The van der Waals surface area contributed by atoms with Gasteiger partial charge in [-0.1, -0.05) is 30.3 Å². The summed E-state index contributed by atoms with van der Waals surface area (Å²) in [6.07, 6.45) is -0.0665. The van der Waals surface area contributed by atoms with Crippen LogP contribution in [0, 0.1) is 15.9 Å². The molecule has 0 N–H and O–H groups in total. The average molecular weight is 302 g/mol. The zero-order chi connectivity index (χ0) is 16.1. The van der Waals surface area contributed by atoms with Crippen molar-refractivity contribution in [1.82, 2.24) is 4.90 Å². The zero-order valence-corrected chi connectivity index (χ0v) is 12.0. The van der Waals surface area contributed by atoms with Gasteiger partial charge < -0.3 is 4.90 Å². The lowest BCUT2D eigenvalue weighted by Gasteiger charge is -2.17. The maximum atomic E-state index is 13.1. The Morgan fingerprint density at radius 2 is 1.95 bits per heavy atom. The van der Waals surface area contributed by atoms with Crippen LogP contribution in [0.2, 0.25) is 0 Å². The van der Waals surface area contributed by atoms with Crippen molar-refractivity contribution in [3.05, 3.63) is 75.6 Å². The van der Waals surface area contributed by atoms with E-state index in [0.29, 0.717) is 11.1 Å². The number of rotatable bonds is 5. The predicted octanol–water partition coefficient (Wildman–Crippen LogP) is 2.94. The van der Waals surface area contributed by atoms with Gasteiger partial charge in [0, 0.05) is 25.2 Å². The number of para-hydroxylation sites is 1. The summed E-state index contributed by atoms with van der Waals surface area (Å²) in [6.45, 7) is 0.247. The van der Waals surface area contributed by atoms with Crippen molar-refractivity contribution in [2.75, 3.05) is 7.05 Å². The molecule has 0 radical (unpaired) electrons. The molecule has 0 unspecified atom stereocenters. The molecular weight excluding hydrogens is 287 g/mol. The lowest BCUT2D eigenvalue weighted by Crippen LogP contribution is -2.28. The number of benzene rings is 2. The first kappa shape index (κ1) is 15.6. The van der Waals surface area contributed by atoms with Gasteiger partial charge in [0.2, 0.25) is 5.91 Å². The Kier molecular flexibility index (Phi) is 4.83. The molecular formula is C16H15FN2O3. The number of carbonyl (C=O) groups excluding carboxylic acids is 1. The first-order chi connectivity index (χ1) is 10.5. The summed E-state index contributed by atoms with van der Waals surface area (Å²) < 4.78 is 13.1. The number of nitro groups is 1. The fourth-order valence-corrected chi connectivity index (χ4v) is 2.13. The molecule has 0 saturated heterocycles. The molecule has 0 saturated carbocycles. The Balaban J connectivity index is 2.07. The van der Waals surface area contributed by atoms with Gasteiger partial charge in [-0.25, -0.2) is 4.39 Å². The second-order valence-electron chi connectivity index (χ2n) is 4.94. The van der Waals surface area contributed by atoms with Crippen LogP contribution in [0.25, 0.3) is 0 Å². The molecule has 0 fully saturated rings. The number of amides is 1. The van der Waals surface area contributed by atoms with E-state index in [1.165, 1.54) is 23.1 Å². The van der Waals surface area contributed by atoms with E-state index in [9.17, 15) is 19.3 Å². The second kappa shape index (κ2) is 6.80. The highest BCUT2D eigenvalue weighted by Crippen LogP contribution is 2.19. The summed E-state index contributed by atoms with van der Waals surface area (Å²) in [7, 11) is 1.59. The Morgan fingerprint density at radius 1 is 1.23 bits per heavy atom. The normalized spacial score (nSPS) is 10.3. The molecule has 0 heterocycles. The van der Waals surface area contributed by atoms with Crippen LogP contribution in [0.5, 0.6) is 0 Å². The highest BCUT2D eigenvalue weighted by molar-refractivity contribution is 5.79. The molecule has 0 aliphatic carbocycles. The standard InChI is InChI=1S/C16H15FN2O3/c1-18(11-12-5-4-7-14(17)9-12)16(20)10-13-6-2-3-8-15(13)19(21)22/h2-9H,10-11H2,1H3. The molecule has 0 aromatic heterocycles. The Bertz CT molecular complexity index is 703. The van der Waals surface area contributed by atoms with Gasteiger partial charge >= 0.3 is 0 Å². The third kappa shape index (κ3) is 3.88. The Labute approximate surface area is 127 Å². The van der Waals surface area contributed by atoms with Gasteiger partial charge in [0.1, 0.15) is 5.82 Å². The second-order valence-corrected chi connectivity index (χ2v) is 4.94. The minimum Gasteiger partial charge on any atom is -0.341 e. The largest absolute Gasteiger partial charge is 0.341 e. The van der Waals surface area contributed by atoms with E-state index < -0.39 is 4.92 Å². The highest BCUT2D eigenvalue weighted by atomic mass is 19.1. The van der Waals surface area contributed by atoms with Crippen molar-refractivity contribution in [1.29, 1.82) is 0 Å². The molecule has 2 aromatic carbocycles. The average Bonchev–Trinajstić information content (AvgIpc) is 2.47. The van der Waals surface area contributed by atoms with E-state index in [0.717, 1.165) is 0 Å². The molecule has 0 aliphatic heterocycles. The molecule has 2 aromatic rings. The molecule has 22 heavy (non-hydrogen) atoms. The number of carbonyl (C=O) groups is 1. The highest BCUT2D eigenvalue weighted by Gasteiger charge is 2.17. The van der Waals surface area contributed by atoms with Gasteiger partial charge in [0.05, 0.1) is 11.3 Å². The minimum absolute atomic E-state index is 0.0665. The molecule has 5 nitrogen and oxygen atoms in total. The minimum atomic E-state index is -0.505. The van der Waals surface area contributed by atoms with Crippen LogP contribution in [0.4, 0.5) is 10.1 Å². The fourth-order valence-electron chi connectivity index (χ4n) is 2.13. The molecule has 0 bridgehead atoms. The molecule has 114 valence electrons. The van der Waals surface area contributed by atoms with E-state index in [2.05, 4.69) is 0 Å². The fraction of sp³-hybridized carbons (Fsp3) is 0.188. The van der Waals surface area contributed by atoms with Crippen molar-refractivity contribution in [2.45, 2.75) is 13.0 Å². The summed E-state index contributed by atoms with van der Waals surface area (Å²) in [6, 6.07) is 12.1. The number of nitrogens with zero attached hydrogens (tertiary/aromatic N) is 2. The van der Waals surface area contributed by atoms with Crippen LogP contribution in [0.15, 0.2) is 48.5 Å². The van der Waals surface area contributed by atoms with Gasteiger partial charge in [-0.3, -0.25) is 14.9 Å². The third-order valence-electron chi connectivity index (χ3n) is 3.26. The lowest BCUT2D eigenvalue weighted by molar-refractivity contribution is -0.385. The van der Waals surface area contributed by atoms with Crippen LogP contribution < -0.4 is 0 Å². The Morgan fingerprint density at radius 3 is 2.64 bits per heavy atom. The van der Waals surface area contributed by atoms with E-state index in [1.54, 1.807) is 37.4 Å². The summed E-state index contributed by atoms with van der Waals surface area (Å²) in [5.41, 5.74) is 0.956. The smallest absolute Gasteiger partial charge is 0.273 e. The topological polar surface area (TPSA) is 63.5 Å². The predicted molar refractivity (Wildman–Crippen MR) is 79.7 cm³/mol. The van der Waals surface area contributed by atoms with Gasteiger partial charge in [0.25, 0.3) is 5.69 Å². The summed E-state index contributed by atoms with van der Waals surface area (Å²) in [5.74, 6) is -0.629. The molecule has 6 heteroatoms. The molecule has 0 atom stereocenters. The van der Waals surface area contributed by atoms with Crippen LogP contribution in [0.3, 0.4) is 0 Å². The van der Waals surface area contributed by atoms with E-state index in [1.807, 2.05) is 0 Å². The van der Waals surface area contributed by atoms with Gasteiger partial charge in [0.15, 0.2) is 0 Å². The quantitative estimate of drug-likeness (QED) is 0.630. The summed E-state index contributed by atoms with van der Waals surface area (Å²) in [5, 5.41) is 10.9. The van der Waals surface area contributed by atoms with Crippen molar-refractivity contribution < 1.29 is 14.1 Å². The van der Waals surface area contributed by atoms with Crippen molar-refractivity contribution in [3.8, 4) is 0 Å². The van der Waals surface area contributed by atoms with Gasteiger partial charge in [-0.15, -0.1) is 0 Å². The summed E-state index contributed by atoms with van der Waals surface area (Å²) >= 11 is 0. The molecule has 0 aliphatic rings. The van der Waals surface area contributed by atoms with E-state index in [4.69, 9.17) is 0 Å². The SMILES string of the molecule is CN(Cc1cccc(F)c1)C(=O)Cc1ccccc1[N+](=O)[O-]. The third-order valence-corrected chi connectivity index (χ3v) is 3.26. The molecule has 1 amide bonds. The molecule has 0 spiro atoms. The number of hydrogen-bond acceptors (Lipinski definition) is 3. The van der Waals surface area contributed by atoms with Crippen molar-refractivity contribution >= 4 is 11.6 Å². The molecule has 2 rings (SSSR count). The summed E-state index contributed by atoms with van der Waals surface area (Å²) in [4.78, 5) is 24.0. The van der Waals surface area contributed by atoms with Crippen LogP contribution in [-0.4, -0.2) is 22.8 Å². The lowest BCUT2D eigenvalue weighted by atomic mass is 10.1. The monoisotopic (exact) mass is 302 g/mol. The van der Waals surface area contributed by atoms with Crippen molar-refractivity contribution in [3.63, 3.8) is 0 Å². The number of hydrogen-bond donors (Lipinski definition) is 0. The first-order valence-corrected chi connectivity index (χ1v) is 6.68. The number of likely N-dealkylation sites (N-methyl/N-ethyl adjacent to an activating group) is 1. The van der Waals surface area contributed by atoms with Crippen LogP contribution in [-0.2, 0) is 17.8 Å². The van der Waals surface area contributed by atoms with Gasteiger partial charge in [-0.05, 0) is 17.7 Å². The van der Waals surface area contributed by atoms with Crippen LogP contribution in [0.1, 0.15) is 11.1 Å². The van der Waals surface area contributed by atoms with Gasteiger partial charge in [-0.2, -0.15) is 0 Å². The van der Waals surface area contributed by atoms with Crippen molar-refractivity contribution in [2.24, 2.45) is 0 Å². The number of halogens is 1. The zero-order valence-electron chi connectivity index (χ0n) is 12.0. The maximum absolute atomic E-state index is 13.1. The Hall–Kier alpha value is -2.76. The van der Waals surface area contributed by atoms with E-state index in [-0.39, 0.29) is 30.4 Å². The number of nitro benzene ring substituents is 1. The maximum Gasteiger partial charge on any atom is 0.273 e.